The van der Waals surface area contributed by atoms with Crippen LogP contribution in [0.5, 0.6) is 5.75 Å². The lowest BCUT2D eigenvalue weighted by atomic mass is 10.1. The van der Waals surface area contributed by atoms with Crippen molar-refractivity contribution in [3.8, 4) is 5.75 Å². The first-order chi connectivity index (χ1) is 10.4. The summed E-state index contributed by atoms with van der Waals surface area (Å²) in [6, 6.07) is 2.69. The summed E-state index contributed by atoms with van der Waals surface area (Å²) in [7, 11) is 0. The zero-order valence-corrected chi connectivity index (χ0v) is 14.4. The summed E-state index contributed by atoms with van der Waals surface area (Å²) >= 11 is 18.4. The van der Waals surface area contributed by atoms with Crippen molar-refractivity contribution in [2.45, 2.75) is 32.8 Å². The van der Waals surface area contributed by atoms with Crippen LogP contribution in [0.15, 0.2) is 33.3 Å². The van der Waals surface area contributed by atoms with Crippen LogP contribution in [0.3, 0.4) is 0 Å². The van der Waals surface area contributed by atoms with Gasteiger partial charge in [0.25, 0.3) is 0 Å². The number of nitrogens with zero attached hydrogens (tertiary/aromatic N) is 1. The fourth-order valence-electron chi connectivity index (χ4n) is 1.94. The number of hydrogen-bond donors (Lipinski definition) is 0. The predicted molar refractivity (Wildman–Crippen MR) is 91.6 cm³/mol. The number of aliphatic imine (C=N–C) groups is 1. The number of allylic oxidation sites excluding steroid dienone is 3. The van der Waals surface area contributed by atoms with E-state index < -0.39 is 5.82 Å². The van der Waals surface area contributed by atoms with Gasteiger partial charge in [0.1, 0.15) is 11.6 Å². The molecule has 0 saturated carbocycles. The highest BCUT2D eigenvalue weighted by Gasteiger charge is 2.18. The summed E-state index contributed by atoms with van der Waals surface area (Å²) in [6.45, 7) is 3.72. The van der Waals surface area contributed by atoms with E-state index in [2.05, 4.69) is 4.99 Å². The summed E-state index contributed by atoms with van der Waals surface area (Å²) in [5, 5.41) is 0.756. The van der Waals surface area contributed by atoms with Crippen molar-refractivity contribution in [1.82, 2.24) is 0 Å². The van der Waals surface area contributed by atoms with Crippen molar-refractivity contribution in [3.63, 3.8) is 0 Å². The SMILES string of the molecule is CC(C)Oc1cc(/C2=C(Cl)/C(Cl)=C\CCC=N2)c(F)cc1Cl. The van der Waals surface area contributed by atoms with Crippen LogP contribution in [0.2, 0.25) is 5.02 Å². The van der Waals surface area contributed by atoms with Crippen molar-refractivity contribution in [2.75, 3.05) is 0 Å². The van der Waals surface area contributed by atoms with Crippen molar-refractivity contribution in [3.05, 3.63) is 44.7 Å². The Hall–Kier alpha value is -1.03. The Balaban J connectivity index is 2.59. The molecule has 1 aromatic rings. The van der Waals surface area contributed by atoms with Gasteiger partial charge in [-0.25, -0.2) is 4.39 Å². The molecule has 118 valence electrons. The lowest BCUT2D eigenvalue weighted by Crippen LogP contribution is -2.07. The Morgan fingerprint density at radius 1 is 1.18 bits per heavy atom. The van der Waals surface area contributed by atoms with Crippen LogP contribution in [-0.4, -0.2) is 12.3 Å². The summed E-state index contributed by atoms with van der Waals surface area (Å²) < 4.78 is 19.9. The Morgan fingerprint density at radius 2 is 1.91 bits per heavy atom. The molecule has 1 aliphatic rings. The molecule has 22 heavy (non-hydrogen) atoms. The number of benzene rings is 1. The maximum absolute atomic E-state index is 14.3. The highest BCUT2D eigenvalue weighted by molar-refractivity contribution is 6.46. The van der Waals surface area contributed by atoms with Crippen LogP contribution in [0.1, 0.15) is 32.3 Å². The molecule has 6 heteroatoms. The van der Waals surface area contributed by atoms with Gasteiger partial charge in [0.2, 0.25) is 0 Å². The van der Waals surface area contributed by atoms with E-state index in [0.717, 1.165) is 6.42 Å². The molecule has 0 radical (unpaired) electrons. The van der Waals surface area contributed by atoms with Gasteiger partial charge in [-0.15, -0.1) is 0 Å². The molecule has 1 heterocycles. The van der Waals surface area contributed by atoms with Crippen LogP contribution in [0.4, 0.5) is 4.39 Å². The van der Waals surface area contributed by atoms with Crippen LogP contribution >= 0.6 is 34.8 Å². The topological polar surface area (TPSA) is 21.6 Å². The largest absolute Gasteiger partial charge is 0.489 e. The molecule has 0 N–H and O–H groups in total. The Labute approximate surface area is 144 Å². The van der Waals surface area contributed by atoms with Gasteiger partial charge in [0.15, 0.2) is 0 Å². The van der Waals surface area contributed by atoms with Crippen molar-refractivity contribution >= 4 is 46.7 Å². The highest BCUT2D eigenvalue weighted by atomic mass is 35.5. The van der Waals surface area contributed by atoms with Gasteiger partial charge < -0.3 is 4.74 Å². The lowest BCUT2D eigenvalue weighted by Gasteiger charge is -2.15. The Bertz CT molecular complexity index is 666. The van der Waals surface area contributed by atoms with E-state index in [1.807, 2.05) is 13.8 Å². The predicted octanol–water partition coefficient (Wildman–Crippen LogP) is 6.16. The van der Waals surface area contributed by atoms with E-state index in [1.165, 1.54) is 12.1 Å². The van der Waals surface area contributed by atoms with E-state index >= 15 is 0 Å². The fourth-order valence-corrected chi connectivity index (χ4v) is 2.56. The minimum Gasteiger partial charge on any atom is -0.489 e. The molecule has 0 aliphatic carbocycles. The second-order valence-electron chi connectivity index (χ2n) is 5.03. The third-order valence-corrected chi connectivity index (χ3v) is 4.01. The van der Waals surface area contributed by atoms with Gasteiger partial charge in [-0.05, 0) is 38.8 Å². The zero-order chi connectivity index (χ0) is 16.3. The average molecular weight is 363 g/mol. The summed E-state index contributed by atoms with van der Waals surface area (Å²) in [6.07, 6.45) is 4.82. The van der Waals surface area contributed by atoms with Gasteiger partial charge in [0.05, 0.1) is 26.9 Å². The molecule has 2 rings (SSSR count). The quantitative estimate of drug-likeness (QED) is 0.631. The number of rotatable bonds is 3. The maximum atomic E-state index is 14.3. The minimum atomic E-state index is -0.531. The maximum Gasteiger partial charge on any atom is 0.139 e. The summed E-state index contributed by atoms with van der Waals surface area (Å²) in [5.41, 5.74) is 0.472. The molecule has 2 nitrogen and oxygen atoms in total. The molecular formula is C16H15Cl3FNO. The van der Waals surface area contributed by atoms with Crippen LogP contribution in [0, 0.1) is 5.82 Å². The molecule has 0 aromatic heterocycles. The van der Waals surface area contributed by atoms with E-state index in [1.54, 1.807) is 12.3 Å². The van der Waals surface area contributed by atoms with Crippen molar-refractivity contribution in [1.29, 1.82) is 0 Å². The monoisotopic (exact) mass is 361 g/mol. The number of hydrogen-bond acceptors (Lipinski definition) is 2. The molecule has 0 spiro atoms. The van der Waals surface area contributed by atoms with E-state index in [0.29, 0.717) is 17.2 Å². The third-order valence-electron chi connectivity index (χ3n) is 2.90. The van der Waals surface area contributed by atoms with Crippen LogP contribution < -0.4 is 4.74 Å². The molecule has 0 fully saturated rings. The molecule has 1 aliphatic heterocycles. The number of ether oxygens (including phenoxy) is 1. The van der Waals surface area contributed by atoms with Gasteiger partial charge in [-0.3, -0.25) is 4.99 Å². The first-order valence-electron chi connectivity index (χ1n) is 6.84. The smallest absolute Gasteiger partial charge is 0.139 e. The summed E-state index contributed by atoms with van der Waals surface area (Å²) in [4.78, 5) is 4.25. The zero-order valence-electron chi connectivity index (χ0n) is 12.2. The molecule has 0 unspecified atom stereocenters. The van der Waals surface area contributed by atoms with E-state index in [9.17, 15) is 4.39 Å². The van der Waals surface area contributed by atoms with Gasteiger partial charge in [-0.2, -0.15) is 0 Å². The highest BCUT2D eigenvalue weighted by Crippen LogP contribution is 2.37. The van der Waals surface area contributed by atoms with Crippen molar-refractivity contribution < 1.29 is 9.13 Å². The standard InChI is InChI=1S/C16H15Cl3FNO/c1-9(2)22-14-7-10(13(20)8-12(14)18)16-15(19)11(17)5-3-4-6-21-16/h5-9H,3-4H2,1-2H3/b11-5+,16-15+,21-6?. The molecule has 0 bridgehead atoms. The molecule has 0 atom stereocenters. The first kappa shape index (κ1) is 17.3. The third kappa shape index (κ3) is 4.03. The molecular weight excluding hydrogens is 348 g/mol. The van der Waals surface area contributed by atoms with Gasteiger partial charge >= 0.3 is 0 Å². The number of halogens is 4. The molecule has 1 aromatic carbocycles. The lowest BCUT2D eigenvalue weighted by molar-refractivity contribution is 0.242. The molecule has 0 amide bonds. The summed E-state index contributed by atoms with van der Waals surface area (Å²) in [5.74, 6) is -0.154. The first-order valence-corrected chi connectivity index (χ1v) is 7.98. The van der Waals surface area contributed by atoms with Crippen LogP contribution in [0.25, 0.3) is 5.70 Å². The Kier molecular flexibility index (Phi) is 5.90. The van der Waals surface area contributed by atoms with Crippen molar-refractivity contribution in [2.24, 2.45) is 4.99 Å². The van der Waals surface area contributed by atoms with Gasteiger partial charge in [0, 0.05) is 11.8 Å². The van der Waals surface area contributed by atoms with Gasteiger partial charge in [-0.1, -0.05) is 40.9 Å². The second-order valence-corrected chi connectivity index (χ2v) is 6.23. The van der Waals surface area contributed by atoms with Crippen LogP contribution in [-0.2, 0) is 0 Å². The molecule has 0 saturated heterocycles. The average Bonchev–Trinajstić information content (AvgIpc) is 2.43. The normalized spacial score (nSPS) is 21.3. The Morgan fingerprint density at radius 3 is 2.59 bits per heavy atom. The second kappa shape index (κ2) is 7.49. The van der Waals surface area contributed by atoms with E-state index in [-0.39, 0.29) is 27.4 Å². The van der Waals surface area contributed by atoms with E-state index in [4.69, 9.17) is 39.5 Å². The fraction of sp³-hybridized carbons (Fsp3) is 0.312. The minimum absolute atomic E-state index is 0.0930.